The molecule has 2 rings (SSSR count). The van der Waals surface area contributed by atoms with E-state index in [1.165, 1.54) is 6.42 Å². The van der Waals surface area contributed by atoms with Crippen LogP contribution in [0.25, 0.3) is 0 Å². The number of aryl methyl sites for hydroxylation is 1. The number of rotatable bonds is 3. The summed E-state index contributed by atoms with van der Waals surface area (Å²) in [5, 5.41) is 4.10. The molecule has 1 heterocycles. The maximum atomic E-state index is 12.7. The minimum Gasteiger partial charge on any atom is -0.297 e. The molecule has 0 N–H and O–H groups in total. The number of hydrogen-bond acceptors (Lipinski definition) is 3. The minimum atomic E-state index is -0.304. The van der Waals surface area contributed by atoms with E-state index in [0.717, 1.165) is 31.2 Å². The molecule has 0 bridgehead atoms. The van der Waals surface area contributed by atoms with Gasteiger partial charge in [-0.05, 0) is 26.9 Å². The summed E-state index contributed by atoms with van der Waals surface area (Å²) in [6, 6.07) is 0. The molecule has 0 aliphatic heterocycles. The minimum absolute atomic E-state index is 0.232. The number of aromatic nitrogens is 2. The van der Waals surface area contributed by atoms with Gasteiger partial charge in [0.05, 0.1) is 17.3 Å². The van der Waals surface area contributed by atoms with Crippen LogP contribution in [0.2, 0.25) is 0 Å². The second-order valence-electron chi connectivity index (χ2n) is 5.22. The molecule has 1 aliphatic rings. The van der Waals surface area contributed by atoms with Crippen molar-refractivity contribution in [3.05, 3.63) is 18.0 Å². The lowest BCUT2D eigenvalue weighted by Gasteiger charge is -2.41. The van der Waals surface area contributed by atoms with Gasteiger partial charge in [0.15, 0.2) is 5.78 Å². The molecule has 0 atom stereocenters. The first-order valence-corrected chi connectivity index (χ1v) is 6.27. The summed E-state index contributed by atoms with van der Waals surface area (Å²) < 4.78 is 1.69. The van der Waals surface area contributed by atoms with Crippen molar-refractivity contribution in [1.82, 2.24) is 14.7 Å². The van der Waals surface area contributed by atoms with Gasteiger partial charge in [-0.3, -0.25) is 14.4 Å². The molecule has 0 aromatic carbocycles. The van der Waals surface area contributed by atoms with Crippen molar-refractivity contribution >= 4 is 5.78 Å². The smallest absolute Gasteiger partial charge is 0.186 e. The summed E-state index contributed by atoms with van der Waals surface area (Å²) in [7, 11) is 5.87. The van der Waals surface area contributed by atoms with Crippen LogP contribution in [0.5, 0.6) is 0 Å². The van der Waals surface area contributed by atoms with Gasteiger partial charge in [-0.1, -0.05) is 19.3 Å². The molecule has 1 aromatic rings. The van der Waals surface area contributed by atoms with Gasteiger partial charge in [0, 0.05) is 13.2 Å². The zero-order valence-electron chi connectivity index (χ0n) is 10.9. The highest BCUT2D eigenvalue weighted by Crippen LogP contribution is 2.34. The quantitative estimate of drug-likeness (QED) is 0.751. The van der Waals surface area contributed by atoms with Crippen LogP contribution < -0.4 is 0 Å². The third-order valence-electron chi connectivity index (χ3n) is 3.93. The molecule has 0 spiro atoms. The number of nitrogens with zero attached hydrogens (tertiary/aromatic N) is 3. The molecule has 4 heteroatoms. The Kier molecular flexibility index (Phi) is 3.33. The Morgan fingerprint density at radius 1 is 1.35 bits per heavy atom. The zero-order valence-corrected chi connectivity index (χ0v) is 10.9. The SMILES string of the molecule is CN(C)C1(C(=O)c2cnn(C)c2)CCCCC1. The number of Topliss-reactive ketones (excluding diaryl/α,β-unsaturated/α-hetero) is 1. The van der Waals surface area contributed by atoms with Crippen LogP contribution in [-0.2, 0) is 7.05 Å². The van der Waals surface area contributed by atoms with Crippen molar-refractivity contribution in [3.8, 4) is 0 Å². The highest BCUT2D eigenvalue weighted by atomic mass is 16.1. The number of carbonyl (C=O) groups is 1. The summed E-state index contributed by atoms with van der Waals surface area (Å²) in [6.07, 6.45) is 8.97. The van der Waals surface area contributed by atoms with Crippen LogP contribution in [0, 0.1) is 0 Å². The number of likely N-dealkylation sites (N-methyl/N-ethyl adjacent to an activating group) is 1. The van der Waals surface area contributed by atoms with Crippen molar-refractivity contribution in [3.63, 3.8) is 0 Å². The van der Waals surface area contributed by atoms with E-state index >= 15 is 0 Å². The molecule has 4 nitrogen and oxygen atoms in total. The Balaban J connectivity index is 2.30. The van der Waals surface area contributed by atoms with E-state index in [1.807, 2.05) is 27.3 Å². The Labute approximate surface area is 103 Å². The third kappa shape index (κ3) is 2.14. The molecule has 1 aromatic heterocycles. The number of hydrogen-bond donors (Lipinski definition) is 0. The maximum Gasteiger partial charge on any atom is 0.186 e. The Bertz CT molecular complexity index is 403. The average Bonchev–Trinajstić information content (AvgIpc) is 2.75. The first-order chi connectivity index (χ1) is 8.06. The van der Waals surface area contributed by atoms with Crippen LogP contribution >= 0.6 is 0 Å². The lowest BCUT2D eigenvalue weighted by Crippen LogP contribution is -2.52. The molecule has 0 saturated heterocycles. The van der Waals surface area contributed by atoms with E-state index in [4.69, 9.17) is 0 Å². The fraction of sp³-hybridized carbons (Fsp3) is 0.692. The summed E-state index contributed by atoms with van der Waals surface area (Å²) in [5.41, 5.74) is 0.435. The fourth-order valence-corrected chi connectivity index (χ4v) is 2.82. The monoisotopic (exact) mass is 235 g/mol. The summed E-state index contributed by atoms with van der Waals surface area (Å²) in [4.78, 5) is 14.8. The molecule has 94 valence electrons. The highest BCUT2D eigenvalue weighted by Gasteiger charge is 2.42. The maximum absolute atomic E-state index is 12.7. The Hall–Kier alpha value is -1.16. The number of carbonyl (C=O) groups excluding carboxylic acids is 1. The second kappa shape index (κ2) is 4.61. The largest absolute Gasteiger partial charge is 0.297 e. The molecular formula is C13H21N3O. The van der Waals surface area contributed by atoms with Gasteiger partial charge in [0.2, 0.25) is 0 Å². The van der Waals surface area contributed by atoms with E-state index in [2.05, 4.69) is 10.00 Å². The van der Waals surface area contributed by atoms with Gasteiger partial charge in [-0.2, -0.15) is 5.10 Å². The van der Waals surface area contributed by atoms with Gasteiger partial charge in [0.25, 0.3) is 0 Å². The average molecular weight is 235 g/mol. The van der Waals surface area contributed by atoms with E-state index in [9.17, 15) is 4.79 Å². The normalized spacial score (nSPS) is 19.5. The molecule has 0 radical (unpaired) electrons. The first-order valence-electron chi connectivity index (χ1n) is 6.27. The molecule has 17 heavy (non-hydrogen) atoms. The van der Waals surface area contributed by atoms with E-state index in [0.29, 0.717) is 0 Å². The van der Waals surface area contributed by atoms with Crippen molar-refractivity contribution in [2.24, 2.45) is 7.05 Å². The highest BCUT2D eigenvalue weighted by molar-refractivity contribution is 6.02. The van der Waals surface area contributed by atoms with Crippen LogP contribution in [0.1, 0.15) is 42.5 Å². The van der Waals surface area contributed by atoms with Gasteiger partial charge >= 0.3 is 0 Å². The van der Waals surface area contributed by atoms with Crippen molar-refractivity contribution in [2.45, 2.75) is 37.6 Å². The zero-order chi connectivity index (χ0) is 12.5. The van der Waals surface area contributed by atoms with Crippen LogP contribution in [0.4, 0.5) is 0 Å². The standard InChI is InChI=1S/C13H21N3O/c1-15(2)13(7-5-4-6-8-13)12(17)11-9-14-16(3)10-11/h9-10H,4-8H2,1-3H3. The molecule has 1 saturated carbocycles. The fourth-order valence-electron chi connectivity index (χ4n) is 2.82. The van der Waals surface area contributed by atoms with Gasteiger partial charge in [0.1, 0.15) is 0 Å². The predicted octanol–water partition coefficient (Wildman–Crippen LogP) is 1.87. The van der Waals surface area contributed by atoms with Crippen molar-refractivity contribution < 1.29 is 4.79 Å². The third-order valence-corrected chi connectivity index (χ3v) is 3.93. The van der Waals surface area contributed by atoms with Crippen LogP contribution in [0.3, 0.4) is 0 Å². The van der Waals surface area contributed by atoms with Crippen molar-refractivity contribution in [1.29, 1.82) is 0 Å². The molecule has 1 fully saturated rings. The molecule has 0 unspecified atom stereocenters. The van der Waals surface area contributed by atoms with Crippen LogP contribution in [0.15, 0.2) is 12.4 Å². The first kappa shape index (κ1) is 12.3. The summed E-state index contributed by atoms with van der Waals surface area (Å²) in [6.45, 7) is 0. The van der Waals surface area contributed by atoms with E-state index in [1.54, 1.807) is 10.9 Å². The number of ketones is 1. The van der Waals surface area contributed by atoms with Crippen molar-refractivity contribution in [2.75, 3.05) is 14.1 Å². The van der Waals surface area contributed by atoms with Gasteiger partial charge < -0.3 is 0 Å². The lowest BCUT2D eigenvalue weighted by atomic mass is 9.76. The lowest BCUT2D eigenvalue weighted by molar-refractivity contribution is 0.0564. The van der Waals surface area contributed by atoms with Crippen LogP contribution in [-0.4, -0.2) is 40.1 Å². The summed E-state index contributed by atoms with van der Waals surface area (Å²) in [5.74, 6) is 0.232. The Morgan fingerprint density at radius 2 is 2.00 bits per heavy atom. The van der Waals surface area contributed by atoms with E-state index < -0.39 is 0 Å². The molecular weight excluding hydrogens is 214 g/mol. The second-order valence-corrected chi connectivity index (χ2v) is 5.22. The Morgan fingerprint density at radius 3 is 2.47 bits per heavy atom. The topological polar surface area (TPSA) is 38.1 Å². The molecule has 1 aliphatic carbocycles. The van der Waals surface area contributed by atoms with Gasteiger partial charge in [-0.15, -0.1) is 0 Å². The van der Waals surface area contributed by atoms with E-state index in [-0.39, 0.29) is 11.3 Å². The van der Waals surface area contributed by atoms with Gasteiger partial charge in [-0.25, -0.2) is 0 Å². The summed E-state index contributed by atoms with van der Waals surface area (Å²) >= 11 is 0. The molecule has 0 amide bonds. The predicted molar refractivity (Wildman–Crippen MR) is 67.0 cm³/mol.